The van der Waals surface area contributed by atoms with Crippen LogP contribution in [0.4, 0.5) is 10.8 Å². The zero-order valence-electron chi connectivity index (χ0n) is 18.9. The summed E-state index contributed by atoms with van der Waals surface area (Å²) < 4.78 is 27.4. The first kappa shape index (κ1) is 25.6. The van der Waals surface area contributed by atoms with Gasteiger partial charge >= 0.3 is 0 Å². The number of hydrogen-bond donors (Lipinski definition) is 2. The summed E-state index contributed by atoms with van der Waals surface area (Å²) in [5.74, 6) is -0.285. The highest BCUT2D eigenvalue weighted by molar-refractivity contribution is 8.00. The van der Waals surface area contributed by atoms with Gasteiger partial charge in [0.25, 0.3) is 10.0 Å². The number of amides is 1. The van der Waals surface area contributed by atoms with E-state index in [9.17, 15) is 18.5 Å². The highest BCUT2D eigenvalue weighted by Gasteiger charge is 2.20. The molecule has 34 heavy (non-hydrogen) atoms. The van der Waals surface area contributed by atoms with Crippen LogP contribution in [0.1, 0.15) is 43.0 Å². The molecule has 0 aliphatic rings. The highest BCUT2D eigenvalue weighted by Crippen LogP contribution is 2.27. The van der Waals surface area contributed by atoms with E-state index >= 15 is 0 Å². The number of carbonyl (C=O) groups is 1. The van der Waals surface area contributed by atoms with Gasteiger partial charge in [0.1, 0.15) is 16.1 Å². The van der Waals surface area contributed by atoms with Crippen LogP contribution in [0.5, 0.6) is 0 Å². The molecule has 0 radical (unpaired) electrons. The second kappa shape index (κ2) is 11.4. The Bertz CT molecular complexity index is 1300. The molecule has 1 amide bonds. The molecular formula is C22H24N6O3S3. The number of nitriles is 1. The molecule has 0 spiro atoms. The van der Waals surface area contributed by atoms with E-state index in [-0.39, 0.29) is 15.9 Å². The molecule has 2 aromatic heterocycles. The number of pyridine rings is 1. The van der Waals surface area contributed by atoms with Gasteiger partial charge in [-0.2, -0.15) is 5.26 Å². The average molecular weight is 517 g/mol. The fourth-order valence-electron chi connectivity index (χ4n) is 2.84. The highest BCUT2D eigenvalue weighted by atomic mass is 32.2. The molecule has 2 heterocycles. The van der Waals surface area contributed by atoms with Crippen LogP contribution in [0.25, 0.3) is 0 Å². The first-order valence-corrected chi connectivity index (χ1v) is 13.7. The molecule has 0 bridgehead atoms. The molecule has 9 nitrogen and oxygen atoms in total. The average Bonchev–Trinajstić information content (AvgIpc) is 3.21. The summed E-state index contributed by atoms with van der Waals surface area (Å²) in [5.41, 5.74) is 1.77. The lowest BCUT2D eigenvalue weighted by Gasteiger charge is -2.13. The van der Waals surface area contributed by atoms with Gasteiger partial charge in [-0.3, -0.25) is 9.52 Å². The number of benzene rings is 1. The van der Waals surface area contributed by atoms with Crippen molar-refractivity contribution in [1.29, 1.82) is 5.26 Å². The van der Waals surface area contributed by atoms with Crippen LogP contribution in [0, 0.1) is 18.3 Å². The molecule has 1 unspecified atom stereocenters. The quantitative estimate of drug-likeness (QED) is 0.379. The molecule has 0 aliphatic carbocycles. The minimum atomic E-state index is -3.82. The van der Waals surface area contributed by atoms with Crippen molar-refractivity contribution < 1.29 is 13.2 Å². The molecule has 0 saturated heterocycles. The maximum absolute atomic E-state index is 12.7. The third kappa shape index (κ3) is 6.75. The smallest absolute Gasteiger partial charge is 0.263 e. The number of hydrogen-bond acceptors (Lipinski definition) is 9. The first-order valence-electron chi connectivity index (χ1n) is 10.5. The normalized spacial score (nSPS) is 12.1. The Hall–Kier alpha value is -3.01. The monoisotopic (exact) mass is 516 g/mol. The second-order valence-corrected chi connectivity index (χ2v) is 11.6. The number of nitrogens with one attached hydrogen (secondary N) is 2. The molecule has 3 rings (SSSR count). The predicted molar refractivity (Wildman–Crippen MR) is 133 cm³/mol. The van der Waals surface area contributed by atoms with Gasteiger partial charge in [-0.05, 0) is 63.1 Å². The number of nitrogens with zero attached hydrogens (tertiary/aromatic N) is 4. The van der Waals surface area contributed by atoms with Crippen molar-refractivity contribution >= 4 is 49.8 Å². The Balaban J connectivity index is 1.65. The maximum Gasteiger partial charge on any atom is 0.263 e. The van der Waals surface area contributed by atoms with Crippen LogP contribution in [0.2, 0.25) is 0 Å². The van der Waals surface area contributed by atoms with Gasteiger partial charge in [0.2, 0.25) is 11.0 Å². The third-order valence-electron chi connectivity index (χ3n) is 4.66. The van der Waals surface area contributed by atoms with E-state index in [2.05, 4.69) is 38.2 Å². The summed E-state index contributed by atoms with van der Waals surface area (Å²) in [7, 11) is -3.82. The van der Waals surface area contributed by atoms with Gasteiger partial charge < -0.3 is 5.32 Å². The second-order valence-electron chi connectivity index (χ2n) is 7.38. The molecule has 3 aromatic rings. The lowest BCUT2D eigenvalue weighted by atomic mass is 10.2. The number of aryl methyl sites for hydroxylation is 2. The summed E-state index contributed by atoms with van der Waals surface area (Å²) in [5, 5.41) is 20.6. The molecule has 2 N–H and O–H groups in total. The molecule has 0 aliphatic heterocycles. The fraction of sp³-hybridized carbons (Fsp3) is 0.318. The van der Waals surface area contributed by atoms with Crippen LogP contribution < -0.4 is 10.0 Å². The van der Waals surface area contributed by atoms with E-state index < -0.39 is 15.3 Å². The van der Waals surface area contributed by atoms with Crippen LogP contribution in [0.3, 0.4) is 0 Å². The first-order chi connectivity index (χ1) is 16.2. The molecular weight excluding hydrogens is 492 g/mol. The van der Waals surface area contributed by atoms with E-state index in [4.69, 9.17) is 0 Å². The zero-order chi connectivity index (χ0) is 24.7. The maximum atomic E-state index is 12.7. The third-order valence-corrected chi connectivity index (χ3v) is 8.00. The van der Waals surface area contributed by atoms with E-state index in [1.54, 1.807) is 19.9 Å². The fourth-order valence-corrected chi connectivity index (χ4v) is 5.58. The van der Waals surface area contributed by atoms with Crippen molar-refractivity contribution in [3.8, 4) is 6.07 Å². The summed E-state index contributed by atoms with van der Waals surface area (Å²) in [4.78, 5) is 17.3. The molecule has 12 heteroatoms. The van der Waals surface area contributed by atoms with Crippen LogP contribution in [0.15, 0.2) is 46.3 Å². The number of carbonyl (C=O) groups excluding carboxylic acids is 1. The number of rotatable bonds is 10. The Morgan fingerprint density at radius 1 is 1.21 bits per heavy atom. The number of aromatic nitrogens is 3. The van der Waals surface area contributed by atoms with Gasteiger partial charge in [0, 0.05) is 11.4 Å². The summed E-state index contributed by atoms with van der Waals surface area (Å²) in [6.45, 7) is 5.56. The van der Waals surface area contributed by atoms with Gasteiger partial charge in [-0.1, -0.05) is 36.4 Å². The van der Waals surface area contributed by atoms with Gasteiger partial charge in [0.05, 0.1) is 15.7 Å². The van der Waals surface area contributed by atoms with E-state index in [0.717, 1.165) is 36.3 Å². The Morgan fingerprint density at radius 2 is 1.94 bits per heavy atom. The minimum absolute atomic E-state index is 0.0348. The van der Waals surface area contributed by atoms with Crippen molar-refractivity contribution in [3.63, 3.8) is 0 Å². The topological polar surface area (TPSA) is 138 Å². The lowest BCUT2D eigenvalue weighted by molar-refractivity contribution is -0.115. The van der Waals surface area contributed by atoms with Crippen molar-refractivity contribution in [2.75, 3.05) is 10.0 Å². The largest absolute Gasteiger partial charge is 0.325 e. The molecule has 0 fully saturated rings. The standard InChI is InChI=1S/C22H24N6O3S3/c1-4-5-6-17-8-7-16(13-23)21(25-17)32-14(2)20(29)24-18-9-11-19(12-10-18)34(30,31)28-22-27-26-15(3)33-22/h7-12,14H,4-6H2,1-3H3,(H,24,29)(H,27,28). The van der Waals surface area contributed by atoms with E-state index in [1.807, 2.05) is 6.07 Å². The molecule has 0 saturated carbocycles. The van der Waals surface area contributed by atoms with Gasteiger partial charge in [-0.25, -0.2) is 13.4 Å². The van der Waals surface area contributed by atoms with Crippen molar-refractivity contribution in [3.05, 3.63) is 52.7 Å². The minimum Gasteiger partial charge on any atom is -0.325 e. The number of unbranched alkanes of at least 4 members (excludes halogenated alkanes) is 1. The molecule has 1 aromatic carbocycles. The number of thioether (sulfide) groups is 1. The Labute approximate surface area is 207 Å². The Morgan fingerprint density at radius 3 is 2.56 bits per heavy atom. The molecule has 178 valence electrons. The van der Waals surface area contributed by atoms with Crippen LogP contribution >= 0.6 is 23.1 Å². The number of anilines is 2. The van der Waals surface area contributed by atoms with Crippen molar-refractivity contribution in [1.82, 2.24) is 15.2 Å². The van der Waals surface area contributed by atoms with E-state index in [1.165, 1.54) is 36.0 Å². The van der Waals surface area contributed by atoms with Crippen molar-refractivity contribution in [2.45, 2.75) is 55.2 Å². The summed E-state index contributed by atoms with van der Waals surface area (Å²) >= 11 is 2.35. The van der Waals surface area contributed by atoms with Crippen LogP contribution in [-0.2, 0) is 21.2 Å². The van der Waals surface area contributed by atoms with Crippen LogP contribution in [-0.4, -0.2) is 34.8 Å². The Kier molecular flexibility index (Phi) is 8.60. The summed E-state index contributed by atoms with van der Waals surface area (Å²) in [6, 6.07) is 11.5. The predicted octanol–water partition coefficient (Wildman–Crippen LogP) is 4.38. The number of sulfonamides is 1. The van der Waals surface area contributed by atoms with Crippen molar-refractivity contribution in [2.24, 2.45) is 0 Å². The van der Waals surface area contributed by atoms with E-state index in [0.29, 0.717) is 21.3 Å². The SMILES string of the molecule is CCCCc1ccc(C#N)c(SC(C)C(=O)Nc2ccc(S(=O)(=O)Nc3nnc(C)s3)cc2)n1. The zero-order valence-corrected chi connectivity index (χ0v) is 21.4. The van der Waals surface area contributed by atoms with Gasteiger partial charge in [-0.15, -0.1) is 10.2 Å². The lowest BCUT2D eigenvalue weighted by Crippen LogP contribution is -2.22. The summed E-state index contributed by atoms with van der Waals surface area (Å²) in [6.07, 6.45) is 2.86. The molecule has 1 atom stereocenters. The van der Waals surface area contributed by atoms with Gasteiger partial charge in [0.15, 0.2) is 0 Å².